The van der Waals surface area contributed by atoms with E-state index in [2.05, 4.69) is 6.07 Å². The van der Waals surface area contributed by atoms with Crippen LogP contribution in [0.15, 0.2) is 42.5 Å². The van der Waals surface area contributed by atoms with Crippen LogP contribution in [0.25, 0.3) is 11.1 Å². The molecule has 0 heterocycles. The van der Waals surface area contributed by atoms with Gasteiger partial charge in [-0.25, -0.2) is 9.18 Å². The lowest BCUT2D eigenvalue weighted by Crippen LogP contribution is -1.95. The van der Waals surface area contributed by atoms with Gasteiger partial charge in [0.1, 0.15) is 5.82 Å². The SMILES string of the molecule is O=C(O)c1cccc(-c2cc[c]c(F)c2)c1. The van der Waals surface area contributed by atoms with E-state index in [0.29, 0.717) is 11.1 Å². The summed E-state index contributed by atoms with van der Waals surface area (Å²) in [5.41, 5.74) is 1.50. The van der Waals surface area contributed by atoms with Gasteiger partial charge in [0.25, 0.3) is 0 Å². The predicted octanol–water partition coefficient (Wildman–Crippen LogP) is 2.99. The Kier molecular flexibility index (Phi) is 2.68. The summed E-state index contributed by atoms with van der Waals surface area (Å²) in [5.74, 6) is -1.46. The van der Waals surface area contributed by atoms with Crippen molar-refractivity contribution in [2.24, 2.45) is 0 Å². The van der Waals surface area contributed by atoms with Crippen LogP contribution in [-0.2, 0) is 0 Å². The van der Waals surface area contributed by atoms with Crippen molar-refractivity contribution in [3.05, 3.63) is 59.9 Å². The van der Waals surface area contributed by atoms with Gasteiger partial charge in [-0.15, -0.1) is 0 Å². The second-order valence-electron chi connectivity index (χ2n) is 3.31. The molecule has 1 N–H and O–H groups in total. The molecule has 16 heavy (non-hydrogen) atoms. The summed E-state index contributed by atoms with van der Waals surface area (Å²) in [4.78, 5) is 10.8. The van der Waals surface area contributed by atoms with Crippen molar-refractivity contribution in [1.82, 2.24) is 0 Å². The zero-order valence-electron chi connectivity index (χ0n) is 8.27. The summed E-state index contributed by atoms with van der Waals surface area (Å²) in [7, 11) is 0. The Morgan fingerprint density at radius 2 is 1.94 bits per heavy atom. The third-order valence-electron chi connectivity index (χ3n) is 2.21. The highest BCUT2D eigenvalue weighted by atomic mass is 19.1. The molecule has 0 amide bonds. The third kappa shape index (κ3) is 2.08. The molecule has 0 aliphatic carbocycles. The summed E-state index contributed by atoms with van der Waals surface area (Å²) >= 11 is 0. The van der Waals surface area contributed by atoms with Crippen molar-refractivity contribution in [2.45, 2.75) is 0 Å². The molecule has 0 saturated heterocycles. The number of hydrogen-bond acceptors (Lipinski definition) is 1. The average Bonchev–Trinajstić information content (AvgIpc) is 2.29. The number of hydrogen-bond donors (Lipinski definition) is 1. The molecule has 0 atom stereocenters. The fraction of sp³-hybridized carbons (Fsp3) is 0. The molecule has 3 heteroatoms. The molecule has 0 aliphatic heterocycles. The monoisotopic (exact) mass is 215 g/mol. The van der Waals surface area contributed by atoms with Crippen LogP contribution < -0.4 is 0 Å². The largest absolute Gasteiger partial charge is 0.478 e. The summed E-state index contributed by atoms with van der Waals surface area (Å²) < 4.78 is 12.9. The minimum absolute atomic E-state index is 0.186. The van der Waals surface area contributed by atoms with E-state index in [0.717, 1.165) is 0 Å². The topological polar surface area (TPSA) is 37.3 Å². The Labute approximate surface area is 92.0 Å². The van der Waals surface area contributed by atoms with Gasteiger partial charge in [0.15, 0.2) is 0 Å². The molecular formula is C13H8FO2. The van der Waals surface area contributed by atoms with Crippen LogP contribution in [0.5, 0.6) is 0 Å². The van der Waals surface area contributed by atoms with Gasteiger partial charge >= 0.3 is 5.97 Å². The van der Waals surface area contributed by atoms with Crippen LogP contribution in [0.4, 0.5) is 4.39 Å². The van der Waals surface area contributed by atoms with E-state index in [-0.39, 0.29) is 5.56 Å². The predicted molar refractivity (Wildman–Crippen MR) is 57.6 cm³/mol. The zero-order chi connectivity index (χ0) is 11.5. The molecule has 0 fully saturated rings. The highest BCUT2D eigenvalue weighted by Crippen LogP contribution is 2.20. The number of halogens is 1. The molecule has 0 aromatic heterocycles. The molecule has 2 rings (SSSR count). The molecular weight excluding hydrogens is 207 g/mol. The molecule has 79 valence electrons. The van der Waals surface area contributed by atoms with E-state index in [1.807, 2.05) is 0 Å². The fourth-order valence-electron chi connectivity index (χ4n) is 1.45. The lowest BCUT2D eigenvalue weighted by molar-refractivity contribution is 0.0697. The normalized spacial score (nSPS) is 10.1. The summed E-state index contributed by atoms with van der Waals surface area (Å²) in [5, 5.41) is 8.83. The minimum atomic E-state index is -0.996. The van der Waals surface area contributed by atoms with Crippen molar-refractivity contribution in [3.63, 3.8) is 0 Å². The summed E-state index contributed by atoms with van der Waals surface area (Å²) in [6, 6.07) is 13.2. The Morgan fingerprint density at radius 3 is 2.62 bits per heavy atom. The Balaban J connectivity index is 2.48. The lowest BCUT2D eigenvalue weighted by atomic mass is 10.0. The van der Waals surface area contributed by atoms with Gasteiger partial charge in [0.2, 0.25) is 0 Å². The number of benzene rings is 2. The van der Waals surface area contributed by atoms with Gasteiger partial charge in [-0.05, 0) is 29.3 Å². The molecule has 0 unspecified atom stereocenters. The molecule has 0 aliphatic rings. The van der Waals surface area contributed by atoms with E-state index in [1.54, 1.807) is 18.2 Å². The van der Waals surface area contributed by atoms with Crippen molar-refractivity contribution < 1.29 is 14.3 Å². The number of aromatic carboxylic acids is 1. The van der Waals surface area contributed by atoms with Crippen molar-refractivity contribution >= 4 is 5.97 Å². The summed E-state index contributed by atoms with van der Waals surface area (Å²) in [6.45, 7) is 0. The van der Waals surface area contributed by atoms with Crippen LogP contribution in [-0.4, -0.2) is 11.1 Å². The molecule has 1 radical (unpaired) electrons. The van der Waals surface area contributed by atoms with Crippen molar-refractivity contribution in [1.29, 1.82) is 0 Å². The number of carboxylic acids is 1. The first-order valence-corrected chi connectivity index (χ1v) is 4.68. The highest BCUT2D eigenvalue weighted by Gasteiger charge is 2.05. The zero-order valence-corrected chi connectivity index (χ0v) is 8.27. The molecule has 0 bridgehead atoms. The molecule has 2 aromatic carbocycles. The smallest absolute Gasteiger partial charge is 0.335 e. The maximum absolute atomic E-state index is 12.9. The lowest BCUT2D eigenvalue weighted by Gasteiger charge is -2.02. The van der Waals surface area contributed by atoms with E-state index in [1.165, 1.54) is 24.3 Å². The Hall–Kier alpha value is -2.16. The molecule has 2 nitrogen and oxygen atoms in total. The van der Waals surface area contributed by atoms with Gasteiger partial charge in [0.05, 0.1) is 5.56 Å². The summed E-state index contributed by atoms with van der Waals surface area (Å²) in [6.07, 6.45) is 0. The third-order valence-corrected chi connectivity index (χ3v) is 2.21. The number of carboxylic acid groups (broad SMARTS) is 1. The second-order valence-corrected chi connectivity index (χ2v) is 3.31. The average molecular weight is 215 g/mol. The van der Waals surface area contributed by atoms with E-state index in [9.17, 15) is 9.18 Å². The quantitative estimate of drug-likeness (QED) is 0.836. The van der Waals surface area contributed by atoms with Crippen molar-refractivity contribution in [3.8, 4) is 11.1 Å². The standard InChI is InChI=1S/C13H8FO2/c14-12-6-2-4-10(8-12)9-3-1-5-11(7-9)13(15)16/h1-5,7-8H,(H,15,16). The van der Waals surface area contributed by atoms with Gasteiger partial charge in [-0.3, -0.25) is 0 Å². The Bertz CT molecular complexity index is 535. The van der Waals surface area contributed by atoms with Gasteiger partial charge < -0.3 is 5.11 Å². The first-order valence-electron chi connectivity index (χ1n) is 4.68. The van der Waals surface area contributed by atoms with E-state index in [4.69, 9.17) is 5.11 Å². The van der Waals surface area contributed by atoms with Gasteiger partial charge in [-0.2, -0.15) is 0 Å². The van der Waals surface area contributed by atoms with Crippen molar-refractivity contribution in [2.75, 3.05) is 0 Å². The first-order chi connectivity index (χ1) is 7.66. The van der Waals surface area contributed by atoms with Crippen LogP contribution in [0.1, 0.15) is 10.4 Å². The van der Waals surface area contributed by atoms with Crippen LogP contribution >= 0.6 is 0 Å². The number of carbonyl (C=O) groups is 1. The van der Waals surface area contributed by atoms with E-state index < -0.39 is 11.8 Å². The molecule has 0 saturated carbocycles. The van der Waals surface area contributed by atoms with Gasteiger partial charge in [0, 0.05) is 6.07 Å². The van der Waals surface area contributed by atoms with E-state index >= 15 is 0 Å². The van der Waals surface area contributed by atoms with Crippen LogP contribution in [0, 0.1) is 11.9 Å². The van der Waals surface area contributed by atoms with Gasteiger partial charge in [-0.1, -0.05) is 24.3 Å². The maximum atomic E-state index is 12.9. The maximum Gasteiger partial charge on any atom is 0.335 e. The molecule has 0 spiro atoms. The second kappa shape index (κ2) is 4.14. The fourth-order valence-corrected chi connectivity index (χ4v) is 1.45. The number of rotatable bonds is 2. The minimum Gasteiger partial charge on any atom is -0.478 e. The van der Waals surface area contributed by atoms with Crippen LogP contribution in [0.3, 0.4) is 0 Å². The first kappa shape index (κ1) is 10.4. The molecule has 2 aromatic rings. The highest BCUT2D eigenvalue weighted by molar-refractivity contribution is 5.89. The van der Waals surface area contributed by atoms with Crippen LogP contribution in [0.2, 0.25) is 0 Å². The Morgan fingerprint density at radius 1 is 1.19 bits per heavy atom.